The summed E-state index contributed by atoms with van der Waals surface area (Å²) in [6.45, 7) is -0.116. The molecule has 0 N–H and O–H groups in total. The molecule has 0 fully saturated rings. The Hall–Kier alpha value is -3.51. The number of cyclic esters (lactones) is 1. The van der Waals surface area contributed by atoms with Crippen LogP contribution in [0.1, 0.15) is 16.1 Å². The van der Waals surface area contributed by atoms with E-state index >= 15 is 0 Å². The Balaban J connectivity index is 1.95. The zero-order valence-electron chi connectivity index (χ0n) is 11.2. The van der Waals surface area contributed by atoms with E-state index in [2.05, 4.69) is 0 Å². The highest BCUT2D eigenvalue weighted by Crippen LogP contribution is 2.31. The number of allylic oxidation sites excluding steroid dienone is 1. The van der Waals surface area contributed by atoms with Gasteiger partial charge in [0.05, 0.1) is 0 Å². The van der Waals surface area contributed by atoms with E-state index in [4.69, 9.17) is 24.4 Å². The Bertz CT molecular complexity index is 849. The fourth-order valence-corrected chi connectivity index (χ4v) is 2.01. The lowest BCUT2D eigenvalue weighted by Crippen LogP contribution is -2.18. The third-order valence-electron chi connectivity index (χ3n) is 3.04. The summed E-state index contributed by atoms with van der Waals surface area (Å²) in [5, 5.41) is 17.5. The Morgan fingerprint density at radius 2 is 1.95 bits per heavy atom. The maximum atomic E-state index is 11.5. The number of esters is 1. The fraction of sp³-hybridized carbons (Fsp3) is 0.0625. The first-order valence-electron chi connectivity index (χ1n) is 6.27. The number of furan rings is 1. The quantitative estimate of drug-likeness (QED) is 0.623. The molecule has 106 valence electrons. The van der Waals surface area contributed by atoms with Crippen LogP contribution in [-0.2, 0) is 4.74 Å². The minimum absolute atomic E-state index is 0.0441. The van der Waals surface area contributed by atoms with Crippen LogP contribution < -0.4 is 4.74 Å². The van der Waals surface area contributed by atoms with Crippen LogP contribution in [0.2, 0.25) is 0 Å². The molecule has 22 heavy (non-hydrogen) atoms. The van der Waals surface area contributed by atoms with Crippen molar-refractivity contribution in [3.05, 3.63) is 47.2 Å². The van der Waals surface area contributed by atoms with Gasteiger partial charge in [0.2, 0.25) is 6.79 Å². The lowest BCUT2D eigenvalue weighted by Gasteiger charge is -2.16. The average molecular weight is 292 g/mol. The largest absolute Gasteiger partial charge is 0.457 e. The predicted molar refractivity (Wildman–Crippen MR) is 74.3 cm³/mol. The molecular formula is C16H8N2O4. The van der Waals surface area contributed by atoms with Gasteiger partial charge < -0.3 is 13.9 Å². The van der Waals surface area contributed by atoms with Crippen molar-refractivity contribution in [2.75, 3.05) is 6.79 Å². The molecule has 0 bridgehead atoms. The summed E-state index contributed by atoms with van der Waals surface area (Å²) in [6, 6.07) is 11.9. The van der Waals surface area contributed by atoms with E-state index in [1.165, 1.54) is 6.08 Å². The lowest BCUT2D eigenvalue weighted by atomic mass is 10.1. The van der Waals surface area contributed by atoms with E-state index in [-0.39, 0.29) is 12.4 Å². The van der Waals surface area contributed by atoms with Gasteiger partial charge >= 0.3 is 5.97 Å². The molecule has 2 heterocycles. The van der Waals surface area contributed by atoms with Gasteiger partial charge in [0.15, 0.2) is 0 Å². The third kappa shape index (κ3) is 2.41. The SMILES string of the molecule is N#CC(C#N)=Cc1ccc(-c2ccc3c(c2)OCOC3=O)o1. The van der Waals surface area contributed by atoms with Gasteiger partial charge in [0.25, 0.3) is 0 Å². The second-order valence-corrected chi connectivity index (χ2v) is 4.39. The molecule has 6 nitrogen and oxygen atoms in total. The first kappa shape index (κ1) is 13.5. The highest BCUT2D eigenvalue weighted by molar-refractivity contribution is 5.94. The van der Waals surface area contributed by atoms with E-state index < -0.39 is 5.97 Å². The molecule has 0 saturated heterocycles. The lowest BCUT2D eigenvalue weighted by molar-refractivity contribution is 0.00494. The number of carbonyl (C=O) groups excluding carboxylic acids is 1. The molecule has 2 aromatic rings. The van der Waals surface area contributed by atoms with Gasteiger partial charge in [-0.25, -0.2) is 4.79 Å². The van der Waals surface area contributed by atoms with E-state index in [0.29, 0.717) is 28.4 Å². The number of rotatable bonds is 2. The zero-order valence-corrected chi connectivity index (χ0v) is 11.2. The summed E-state index contributed by atoms with van der Waals surface area (Å²) in [5.74, 6) is 0.929. The second-order valence-electron chi connectivity index (χ2n) is 4.39. The fourth-order valence-electron chi connectivity index (χ4n) is 2.01. The number of fused-ring (bicyclic) bond motifs is 1. The van der Waals surface area contributed by atoms with E-state index in [0.717, 1.165) is 0 Å². The van der Waals surface area contributed by atoms with Crippen LogP contribution in [0, 0.1) is 22.7 Å². The monoisotopic (exact) mass is 292 g/mol. The number of carbonyl (C=O) groups is 1. The smallest absolute Gasteiger partial charge is 0.344 e. The van der Waals surface area contributed by atoms with Crippen molar-refractivity contribution in [2.45, 2.75) is 0 Å². The highest BCUT2D eigenvalue weighted by atomic mass is 16.7. The summed E-state index contributed by atoms with van der Waals surface area (Å²) in [6.07, 6.45) is 1.36. The van der Waals surface area contributed by atoms with Crippen LogP contribution in [-0.4, -0.2) is 12.8 Å². The minimum atomic E-state index is -0.427. The van der Waals surface area contributed by atoms with Crippen molar-refractivity contribution in [1.82, 2.24) is 0 Å². The Morgan fingerprint density at radius 1 is 1.14 bits per heavy atom. The summed E-state index contributed by atoms with van der Waals surface area (Å²) < 4.78 is 15.6. The van der Waals surface area contributed by atoms with Crippen LogP contribution in [0.3, 0.4) is 0 Å². The third-order valence-corrected chi connectivity index (χ3v) is 3.04. The Morgan fingerprint density at radius 3 is 2.73 bits per heavy atom. The van der Waals surface area contributed by atoms with Crippen molar-refractivity contribution < 1.29 is 18.7 Å². The first-order valence-corrected chi connectivity index (χ1v) is 6.27. The number of ether oxygens (including phenoxy) is 2. The molecule has 3 rings (SSSR count). The van der Waals surface area contributed by atoms with Gasteiger partial charge in [-0.2, -0.15) is 10.5 Å². The number of hydrogen-bond donors (Lipinski definition) is 0. The molecule has 1 aliphatic rings. The molecule has 1 aromatic heterocycles. The normalized spacial score (nSPS) is 12.2. The molecule has 6 heteroatoms. The second kappa shape index (κ2) is 5.47. The Labute approximate surface area is 125 Å². The van der Waals surface area contributed by atoms with E-state index in [1.807, 2.05) is 0 Å². The molecule has 0 spiro atoms. The molecule has 0 radical (unpaired) electrons. The molecule has 1 aromatic carbocycles. The average Bonchev–Trinajstić information content (AvgIpc) is 3.01. The van der Waals surface area contributed by atoms with E-state index in [1.54, 1.807) is 42.5 Å². The van der Waals surface area contributed by atoms with Crippen LogP contribution in [0.5, 0.6) is 5.75 Å². The van der Waals surface area contributed by atoms with Crippen molar-refractivity contribution in [1.29, 1.82) is 10.5 Å². The van der Waals surface area contributed by atoms with Gasteiger partial charge in [-0.15, -0.1) is 0 Å². The van der Waals surface area contributed by atoms with Crippen LogP contribution in [0.25, 0.3) is 17.4 Å². The maximum Gasteiger partial charge on any atom is 0.344 e. The number of nitrogens with zero attached hydrogens (tertiary/aromatic N) is 2. The highest BCUT2D eigenvalue weighted by Gasteiger charge is 2.20. The molecule has 1 aliphatic heterocycles. The number of hydrogen-bond acceptors (Lipinski definition) is 6. The molecule has 0 unspecified atom stereocenters. The molecule has 0 saturated carbocycles. The van der Waals surface area contributed by atoms with Crippen molar-refractivity contribution in [3.63, 3.8) is 0 Å². The summed E-state index contributed by atoms with van der Waals surface area (Å²) in [4.78, 5) is 11.5. The van der Waals surface area contributed by atoms with Gasteiger partial charge in [-0.05, 0) is 24.3 Å². The van der Waals surface area contributed by atoms with Crippen molar-refractivity contribution in [2.24, 2.45) is 0 Å². The predicted octanol–water partition coefficient (Wildman–Crippen LogP) is 2.88. The summed E-state index contributed by atoms with van der Waals surface area (Å²) in [5.41, 5.74) is 1.03. The van der Waals surface area contributed by atoms with Crippen LogP contribution in [0.4, 0.5) is 0 Å². The first-order chi connectivity index (χ1) is 10.7. The van der Waals surface area contributed by atoms with Crippen LogP contribution in [0.15, 0.2) is 40.3 Å². The zero-order chi connectivity index (χ0) is 15.5. The van der Waals surface area contributed by atoms with Gasteiger partial charge in [-0.1, -0.05) is 6.07 Å². The minimum Gasteiger partial charge on any atom is -0.457 e. The standard InChI is InChI=1S/C16H8N2O4/c17-7-10(8-18)5-12-2-4-14(22-12)11-1-3-13-15(6-11)20-9-21-16(13)19/h1-6H,9H2. The molecule has 0 atom stereocenters. The van der Waals surface area contributed by atoms with Crippen molar-refractivity contribution in [3.8, 4) is 29.2 Å². The van der Waals surface area contributed by atoms with Gasteiger partial charge in [0.1, 0.15) is 40.5 Å². The van der Waals surface area contributed by atoms with Gasteiger partial charge in [-0.3, -0.25) is 0 Å². The van der Waals surface area contributed by atoms with Crippen LogP contribution >= 0.6 is 0 Å². The number of benzene rings is 1. The summed E-state index contributed by atoms with van der Waals surface area (Å²) in [7, 11) is 0. The number of nitriles is 2. The molecule has 0 amide bonds. The summed E-state index contributed by atoms with van der Waals surface area (Å²) >= 11 is 0. The maximum absolute atomic E-state index is 11.5. The van der Waals surface area contributed by atoms with E-state index in [9.17, 15) is 4.79 Å². The topological polar surface area (TPSA) is 96.3 Å². The molecule has 0 aliphatic carbocycles. The van der Waals surface area contributed by atoms with Crippen molar-refractivity contribution >= 4 is 12.0 Å². The molecular weight excluding hydrogens is 284 g/mol. The van der Waals surface area contributed by atoms with Gasteiger partial charge in [0, 0.05) is 11.6 Å². The Kier molecular flexibility index (Phi) is 3.35.